The van der Waals surface area contributed by atoms with E-state index in [1.165, 1.54) is 0 Å². The minimum absolute atomic E-state index is 0.179. The van der Waals surface area contributed by atoms with E-state index in [1.54, 1.807) is 22.7 Å². The van der Waals surface area contributed by atoms with E-state index in [-0.39, 0.29) is 17.5 Å². The van der Waals surface area contributed by atoms with Crippen molar-refractivity contribution in [3.63, 3.8) is 0 Å². The molecular weight excluding hydrogens is 258 g/mol. The standard InChI is InChI=1S/C13H13N5O2/c1-8(2)10-7-9(17-20-10)12(19)14-13-16-15-11-5-3-4-6-18(11)13/h3-8H,1-2H3,(H,14,16,19). The molecule has 0 saturated carbocycles. The number of nitrogens with one attached hydrogen (secondary N) is 1. The molecule has 0 unspecified atom stereocenters. The van der Waals surface area contributed by atoms with Crippen molar-refractivity contribution in [3.8, 4) is 0 Å². The molecule has 3 aromatic rings. The molecule has 0 aliphatic rings. The van der Waals surface area contributed by atoms with E-state index in [1.807, 2.05) is 26.0 Å². The zero-order valence-corrected chi connectivity index (χ0v) is 11.1. The molecule has 102 valence electrons. The van der Waals surface area contributed by atoms with Gasteiger partial charge in [0.05, 0.1) is 0 Å². The van der Waals surface area contributed by atoms with Crippen molar-refractivity contribution in [1.82, 2.24) is 19.8 Å². The third kappa shape index (κ3) is 2.13. The summed E-state index contributed by atoms with van der Waals surface area (Å²) in [6.45, 7) is 3.93. The summed E-state index contributed by atoms with van der Waals surface area (Å²) in [6.07, 6.45) is 1.77. The third-order valence-corrected chi connectivity index (χ3v) is 2.87. The predicted octanol–water partition coefficient (Wildman–Crippen LogP) is 2.09. The van der Waals surface area contributed by atoms with Gasteiger partial charge in [0.2, 0.25) is 5.95 Å². The van der Waals surface area contributed by atoms with Crippen LogP contribution in [0.15, 0.2) is 35.0 Å². The van der Waals surface area contributed by atoms with Crippen molar-refractivity contribution in [2.75, 3.05) is 5.32 Å². The maximum atomic E-state index is 12.1. The van der Waals surface area contributed by atoms with Crippen molar-refractivity contribution in [1.29, 1.82) is 0 Å². The van der Waals surface area contributed by atoms with E-state index in [9.17, 15) is 4.79 Å². The summed E-state index contributed by atoms with van der Waals surface area (Å²) in [5, 5.41) is 14.3. The van der Waals surface area contributed by atoms with Crippen molar-refractivity contribution >= 4 is 17.5 Å². The Morgan fingerprint density at radius 2 is 2.20 bits per heavy atom. The summed E-state index contributed by atoms with van der Waals surface area (Å²) in [7, 11) is 0. The average molecular weight is 271 g/mol. The van der Waals surface area contributed by atoms with Gasteiger partial charge in [-0.15, -0.1) is 10.2 Å². The smallest absolute Gasteiger partial charge is 0.280 e. The predicted molar refractivity (Wildman–Crippen MR) is 71.5 cm³/mol. The molecule has 1 amide bonds. The Balaban J connectivity index is 1.85. The Labute approximate surface area is 114 Å². The highest BCUT2D eigenvalue weighted by atomic mass is 16.5. The van der Waals surface area contributed by atoms with E-state index in [0.717, 1.165) is 0 Å². The minimum atomic E-state index is -0.376. The number of fused-ring (bicyclic) bond motifs is 1. The van der Waals surface area contributed by atoms with Gasteiger partial charge in [-0.25, -0.2) is 0 Å². The van der Waals surface area contributed by atoms with E-state index in [0.29, 0.717) is 17.4 Å². The second-order valence-electron chi connectivity index (χ2n) is 4.68. The normalized spacial score (nSPS) is 11.2. The topological polar surface area (TPSA) is 85.3 Å². The fraction of sp³-hybridized carbons (Fsp3) is 0.231. The second kappa shape index (κ2) is 4.76. The number of carbonyl (C=O) groups excluding carboxylic acids is 1. The number of nitrogens with zero attached hydrogens (tertiary/aromatic N) is 4. The van der Waals surface area contributed by atoms with Gasteiger partial charge in [-0.05, 0) is 12.1 Å². The molecule has 0 saturated heterocycles. The van der Waals surface area contributed by atoms with Gasteiger partial charge in [0.25, 0.3) is 5.91 Å². The van der Waals surface area contributed by atoms with Crippen molar-refractivity contribution in [3.05, 3.63) is 41.9 Å². The molecule has 0 spiro atoms. The zero-order valence-electron chi connectivity index (χ0n) is 11.1. The Morgan fingerprint density at radius 1 is 1.35 bits per heavy atom. The Morgan fingerprint density at radius 3 is 2.95 bits per heavy atom. The molecule has 0 bridgehead atoms. The first-order valence-electron chi connectivity index (χ1n) is 6.23. The molecule has 3 rings (SSSR count). The van der Waals surface area contributed by atoms with Crippen molar-refractivity contribution < 1.29 is 9.32 Å². The maximum Gasteiger partial charge on any atom is 0.280 e. The Bertz CT molecular complexity index is 759. The van der Waals surface area contributed by atoms with Gasteiger partial charge < -0.3 is 4.52 Å². The van der Waals surface area contributed by atoms with Gasteiger partial charge in [-0.1, -0.05) is 25.1 Å². The molecule has 1 N–H and O–H groups in total. The van der Waals surface area contributed by atoms with Crippen LogP contribution in [0.2, 0.25) is 0 Å². The fourth-order valence-corrected chi connectivity index (χ4v) is 1.76. The maximum absolute atomic E-state index is 12.1. The van der Waals surface area contributed by atoms with Crippen LogP contribution >= 0.6 is 0 Å². The summed E-state index contributed by atoms with van der Waals surface area (Å²) < 4.78 is 6.78. The fourth-order valence-electron chi connectivity index (χ4n) is 1.76. The molecular formula is C13H13N5O2. The van der Waals surface area contributed by atoms with Crippen LogP contribution in [0.25, 0.3) is 5.65 Å². The summed E-state index contributed by atoms with van der Waals surface area (Å²) >= 11 is 0. The number of pyridine rings is 1. The van der Waals surface area contributed by atoms with E-state index >= 15 is 0 Å². The monoisotopic (exact) mass is 271 g/mol. The minimum Gasteiger partial charge on any atom is -0.360 e. The van der Waals surface area contributed by atoms with Crippen LogP contribution in [0, 0.1) is 0 Å². The van der Waals surface area contributed by atoms with Crippen LogP contribution in [0.1, 0.15) is 36.0 Å². The molecule has 3 aromatic heterocycles. The third-order valence-electron chi connectivity index (χ3n) is 2.87. The van der Waals surface area contributed by atoms with Gasteiger partial charge in [0.15, 0.2) is 11.3 Å². The molecule has 0 radical (unpaired) electrons. The first-order valence-corrected chi connectivity index (χ1v) is 6.23. The lowest BCUT2D eigenvalue weighted by molar-refractivity contribution is 0.101. The molecule has 20 heavy (non-hydrogen) atoms. The molecule has 0 aliphatic carbocycles. The number of hydrogen-bond donors (Lipinski definition) is 1. The number of carbonyl (C=O) groups is 1. The molecule has 0 aliphatic heterocycles. The van der Waals surface area contributed by atoms with Crippen molar-refractivity contribution in [2.24, 2.45) is 0 Å². The Hall–Kier alpha value is -2.70. The van der Waals surface area contributed by atoms with Gasteiger partial charge in [-0.3, -0.25) is 14.5 Å². The highest BCUT2D eigenvalue weighted by Gasteiger charge is 2.16. The van der Waals surface area contributed by atoms with Gasteiger partial charge in [-0.2, -0.15) is 0 Å². The van der Waals surface area contributed by atoms with E-state index in [4.69, 9.17) is 4.52 Å². The van der Waals surface area contributed by atoms with E-state index in [2.05, 4.69) is 20.7 Å². The number of hydrogen-bond acceptors (Lipinski definition) is 5. The summed E-state index contributed by atoms with van der Waals surface area (Å²) in [5.74, 6) is 0.817. The summed E-state index contributed by atoms with van der Waals surface area (Å²) in [6, 6.07) is 7.11. The SMILES string of the molecule is CC(C)c1cc(C(=O)Nc2nnc3ccccn23)no1. The highest BCUT2D eigenvalue weighted by Crippen LogP contribution is 2.16. The van der Waals surface area contributed by atoms with Crippen LogP contribution in [0.4, 0.5) is 5.95 Å². The largest absolute Gasteiger partial charge is 0.360 e. The summed E-state index contributed by atoms with van der Waals surface area (Å²) in [4.78, 5) is 12.1. The lowest BCUT2D eigenvalue weighted by Gasteiger charge is -1.99. The zero-order chi connectivity index (χ0) is 14.1. The number of aromatic nitrogens is 4. The lowest BCUT2D eigenvalue weighted by atomic mass is 10.1. The molecule has 0 fully saturated rings. The van der Waals surface area contributed by atoms with Crippen LogP contribution in [-0.2, 0) is 0 Å². The van der Waals surface area contributed by atoms with Gasteiger partial charge >= 0.3 is 0 Å². The van der Waals surface area contributed by atoms with Crippen LogP contribution < -0.4 is 5.32 Å². The lowest BCUT2D eigenvalue weighted by Crippen LogP contribution is -2.14. The quantitative estimate of drug-likeness (QED) is 0.788. The molecule has 7 heteroatoms. The number of amides is 1. The first-order chi connectivity index (χ1) is 9.65. The Kier molecular flexibility index (Phi) is 2.94. The van der Waals surface area contributed by atoms with Crippen LogP contribution in [-0.4, -0.2) is 25.7 Å². The number of rotatable bonds is 3. The van der Waals surface area contributed by atoms with Crippen LogP contribution in [0.3, 0.4) is 0 Å². The average Bonchev–Trinajstić information content (AvgIpc) is 3.06. The van der Waals surface area contributed by atoms with Crippen LogP contribution in [0.5, 0.6) is 0 Å². The van der Waals surface area contributed by atoms with E-state index < -0.39 is 0 Å². The molecule has 0 aromatic carbocycles. The van der Waals surface area contributed by atoms with Gasteiger partial charge in [0.1, 0.15) is 5.76 Å². The molecule has 0 atom stereocenters. The molecule has 7 nitrogen and oxygen atoms in total. The van der Waals surface area contributed by atoms with Gasteiger partial charge in [0, 0.05) is 18.2 Å². The molecule has 3 heterocycles. The summed E-state index contributed by atoms with van der Waals surface area (Å²) in [5.41, 5.74) is 0.882. The second-order valence-corrected chi connectivity index (χ2v) is 4.68. The highest BCUT2D eigenvalue weighted by molar-refractivity contribution is 6.02. The number of anilines is 1. The van der Waals surface area contributed by atoms with Crippen molar-refractivity contribution in [2.45, 2.75) is 19.8 Å². The first kappa shape index (κ1) is 12.3.